The zero-order valence-electron chi connectivity index (χ0n) is 12.1. The predicted molar refractivity (Wildman–Crippen MR) is 81.0 cm³/mol. The quantitative estimate of drug-likeness (QED) is 0.879. The smallest absolute Gasteiger partial charge is 0.120 e. The van der Waals surface area contributed by atoms with Crippen LogP contribution in [0.15, 0.2) is 18.2 Å². The van der Waals surface area contributed by atoms with Gasteiger partial charge in [-0.2, -0.15) is 0 Å². The van der Waals surface area contributed by atoms with Crippen molar-refractivity contribution in [2.75, 3.05) is 13.1 Å². The number of ether oxygens (including phenoxy) is 1. The van der Waals surface area contributed by atoms with E-state index in [-0.39, 0.29) is 0 Å². The Morgan fingerprint density at radius 2 is 2.21 bits per heavy atom. The summed E-state index contributed by atoms with van der Waals surface area (Å²) in [5.74, 6) is 2.22. The Kier molecular flexibility index (Phi) is 5.12. The number of hydrogen-bond acceptors (Lipinski definition) is 2. The summed E-state index contributed by atoms with van der Waals surface area (Å²) >= 11 is 6.06. The molecule has 0 aliphatic carbocycles. The number of halogens is 1. The van der Waals surface area contributed by atoms with Crippen molar-refractivity contribution in [3.63, 3.8) is 0 Å². The van der Waals surface area contributed by atoms with E-state index in [2.05, 4.69) is 19.2 Å². The summed E-state index contributed by atoms with van der Waals surface area (Å²) in [6.07, 6.45) is 2.62. The first-order chi connectivity index (χ1) is 9.06. The first kappa shape index (κ1) is 14.7. The van der Waals surface area contributed by atoms with Crippen LogP contribution in [0, 0.1) is 18.8 Å². The van der Waals surface area contributed by atoms with E-state index < -0.39 is 0 Å². The SMILES string of the molecule is Cc1cc(O[C@@H](CC(C)C)[C@H]2CCNC2)ccc1Cl. The minimum atomic E-state index is 0.301. The molecule has 2 nitrogen and oxygen atoms in total. The molecule has 1 saturated heterocycles. The minimum absolute atomic E-state index is 0.301. The van der Waals surface area contributed by atoms with Gasteiger partial charge < -0.3 is 10.1 Å². The highest BCUT2D eigenvalue weighted by Gasteiger charge is 2.27. The van der Waals surface area contributed by atoms with Crippen molar-refractivity contribution < 1.29 is 4.74 Å². The van der Waals surface area contributed by atoms with Crippen LogP contribution in [0.1, 0.15) is 32.3 Å². The standard InChI is InChI=1S/C16H24ClNO/c1-11(2)8-16(13-6-7-18-10-13)19-14-4-5-15(17)12(3)9-14/h4-5,9,11,13,16,18H,6-8,10H2,1-3H3/t13-,16-/m0/s1. The lowest BCUT2D eigenvalue weighted by Crippen LogP contribution is -2.30. The Hall–Kier alpha value is -0.730. The first-order valence-corrected chi connectivity index (χ1v) is 7.57. The van der Waals surface area contributed by atoms with Gasteiger partial charge in [0.05, 0.1) is 0 Å². The third kappa shape index (κ3) is 4.12. The van der Waals surface area contributed by atoms with E-state index in [0.29, 0.717) is 17.9 Å². The molecule has 1 aliphatic rings. The lowest BCUT2D eigenvalue weighted by Gasteiger charge is -2.26. The molecule has 0 unspecified atom stereocenters. The monoisotopic (exact) mass is 281 g/mol. The van der Waals surface area contributed by atoms with E-state index in [1.54, 1.807) is 0 Å². The van der Waals surface area contributed by atoms with Gasteiger partial charge in [0.2, 0.25) is 0 Å². The number of hydrogen-bond donors (Lipinski definition) is 1. The summed E-state index contributed by atoms with van der Waals surface area (Å²) in [7, 11) is 0. The second-order valence-electron chi connectivity index (χ2n) is 5.95. The molecule has 1 fully saturated rings. The van der Waals surface area contributed by atoms with Gasteiger partial charge in [0.1, 0.15) is 11.9 Å². The van der Waals surface area contributed by atoms with Gasteiger partial charge in [-0.05, 0) is 56.0 Å². The molecule has 1 N–H and O–H groups in total. The molecule has 0 spiro atoms. The van der Waals surface area contributed by atoms with Gasteiger partial charge in [-0.25, -0.2) is 0 Å². The average molecular weight is 282 g/mol. The molecule has 1 aromatic rings. The van der Waals surface area contributed by atoms with Crippen molar-refractivity contribution in [1.82, 2.24) is 5.32 Å². The van der Waals surface area contributed by atoms with Crippen molar-refractivity contribution in [3.8, 4) is 5.75 Å². The van der Waals surface area contributed by atoms with Crippen molar-refractivity contribution in [3.05, 3.63) is 28.8 Å². The molecule has 106 valence electrons. The molecular weight excluding hydrogens is 258 g/mol. The van der Waals surface area contributed by atoms with Crippen LogP contribution < -0.4 is 10.1 Å². The second-order valence-corrected chi connectivity index (χ2v) is 6.36. The number of rotatable bonds is 5. The van der Waals surface area contributed by atoms with E-state index in [0.717, 1.165) is 35.8 Å². The van der Waals surface area contributed by atoms with Crippen LogP contribution in [0.5, 0.6) is 5.75 Å². The molecule has 2 rings (SSSR count). The number of benzene rings is 1. The van der Waals surface area contributed by atoms with Crippen LogP contribution in [-0.4, -0.2) is 19.2 Å². The molecule has 1 heterocycles. The maximum absolute atomic E-state index is 6.25. The van der Waals surface area contributed by atoms with Crippen molar-refractivity contribution in [1.29, 1.82) is 0 Å². The Bertz CT molecular complexity index is 413. The van der Waals surface area contributed by atoms with E-state index in [4.69, 9.17) is 16.3 Å². The summed E-state index contributed by atoms with van der Waals surface area (Å²) in [4.78, 5) is 0. The topological polar surface area (TPSA) is 21.3 Å². The molecule has 0 bridgehead atoms. The number of nitrogens with one attached hydrogen (secondary N) is 1. The molecule has 0 saturated carbocycles. The van der Waals surface area contributed by atoms with Crippen LogP contribution in [0.25, 0.3) is 0 Å². The van der Waals surface area contributed by atoms with E-state index >= 15 is 0 Å². The Morgan fingerprint density at radius 1 is 1.42 bits per heavy atom. The molecular formula is C16H24ClNO. The fourth-order valence-corrected chi connectivity index (χ4v) is 2.78. The molecule has 1 aromatic carbocycles. The zero-order chi connectivity index (χ0) is 13.8. The fourth-order valence-electron chi connectivity index (χ4n) is 2.66. The number of aryl methyl sites for hydroxylation is 1. The van der Waals surface area contributed by atoms with Gasteiger partial charge >= 0.3 is 0 Å². The van der Waals surface area contributed by atoms with Crippen molar-refractivity contribution >= 4 is 11.6 Å². The fraction of sp³-hybridized carbons (Fsp3) is 0.625. The molecule has 1 aliphatic heterocycles. The van der Waals surface area contributed by atoms with Gasteiger partial charge in [0.15, 0.2) is 0 Å². The maximum Gasteiger partial charge on any atom is 0.120 e. The van der Waals surface area contributed by atoms with Crippen LogP contribution >= 0.6 is 11.6 Å². The normalized spacial score (nSPS) is 20.8. The van der Waals surface area contributed by atoms with Gasteiger partial charge in [-0.1, -0.05) is 25.4 Å². The molecule has 3 heteroatoms. The van der Waals surface area contributed by atoms with Gasteiger partial charge in [-0.15, -0.1) is 0 Å². The lowest BCUT2D eigenvalue weighted by atomic mass is 9.93. The van der Waals surface area contributed by atoms with Crippen LogP contribution in [0.3, 0.4) is 0 Å². The lowest BCUT2D eigenvalue weighted by molar-refractivity contribution is 0.119. The van der Waals surface area contributed by atoms with Crippen LogP contribution in [-0.2, 0) is 0 Å². The minimum Gasteiger partial charge on any atom is -0.490 e. The van der Waals surface area contributed by atoms with Gasteiger partial charge in [0, 0.05) is 17.5 Å². The van der Waals surface area contributed by atoms with E-state index in [9.17, 15) is 0 Å². The van der Waals surface area contributed by atoms with Crippen molar-refractivity contribution in [2.24, 2.45) is 11.8 Å². The summed E-state index contributed by atoms with van der Waals surface area (Å²) < 4.78 is 6.25. The van der Waals surface area contributed by atoms with Gasteiger partial charge in [0.25, 0.3) is 0 Å². The molecule has 19 heavy (non-hydrogen) atoms. The van der Waals surface area contributed by atoms with Crippen LogP contribution in [0.4, 0.5) is 0 Å². The summed E-state index contributed by atoms with van der Waals surface area (Å²) in [5, 5.41) is 4.23. The van der Waals surface area contributed by atoms with Gasteiger partial charge in [-0.3, -0.25) is 0 Å². The average Bonchev–Trinajstić information content (AvgIpc) is 2.86. The van der Waals surface area contributed by atoms with Crippen molar-refractivity contribution in [2.45, 2.75) is 39.7 Å². The summed E-state index contributed by atoms with van der Waals surface area (Å²) in [6.45, 7) is 8.72. The highest BCUT2D eigenvalue weighted by atomic mass is 35.5. The van der Waals surface area contributed by atoms with E-state index in [1.807, 2.05) is 25.1 Å². The second kappa shape index (κ2) is 6.62. The highest BCUT2D eigenvalue weighted by molar-refractivity contribution is 6.31. The Morgan fingerprint density at radius 3 is 2.79 bits per heavy atom. The molecule has 0 aromatic heterocycles. The summed E-state index contributed by atoms with van der Waals surface area (Å²) in [6, 6.07) is 5.94. The largest absolute Gasteiger partial charge is 0.490 e. The summed E-state index contributed by atoms with van der Waals surface area (Å²) in [5.41, 5.74) is 1.08. The van der Waals surface area contributed by atoms with E-state index in [1.165, 1.54) is 6.42 Å². The maximum atomic E-state index is 6.25. The molecule has 2 atom stereocenters. The third-order valence-corrected chi connectivity index (χ3v) is 4.17. The molecule has 0 amide bonds. The Balaban J connectivity index is 2.07. The highest BCUT2D eigenvalue weighted by Crippen LogP contribution is 2.27. The van der Waals surface area contributed by atoms with Crippen LogP contribution in [0.2, 0.25) is 5.02 Å². The Labute approximate surface area is 121 Å². The first-order valence-electron chi connectivity index (χ1n) is 7.19. The molecule has 0 radical (unpaired) electrons. The third-order valence-electron chi connectivity index (χ3n) is 3.74. The zero-order valence-corrected chi connectivity index (χ0v) is 12.8. The predicted octanol–water partition coefficient (Wildman–Crippen LogP) is 4.05.